The molecule has 0 aliphatic heterocycles. The minimum Gasteiger partial charge on any atom is -0.508 e. The minimum atomic E-state index is -0.132. The van der Waals surface area contributed by atoms with Gasteiger partial charge in [-0.1, -0.05) is 25.1 Å². The van der Waals surface area contributed by atoms with Crippen LogP contribution < -0.4 is 0 Å². The lowest BCUT2D eigenvalue weighted by Crippen LogP contribution is -2.24. The second kappa shape index (κ2) is 9.13. The molecule has 0 aromatic heterocycles. The van der Waals surface area contributed by atoms with Gasteiger partial charge in [0.05, 0.1) is 6.42 Å². The van der Waals surface area contributed by atoms with Crippen molar-refractivity contribution in [2.45, 2.75) is 70.3 Å². The van der Waals surface area contributed by atoms with Crippen molar-refractivity contribution in [3.63, 3.8) is 0 Å². The van der Waals surface area contributed by atoms with Gasteiger partial charge >= 0.3 is 5.97 Å². The number of phenolic OH excluding ortho intramolecular Hbond substituents is 2. The Morgan fingerprint density at radius 2 is 1.68 bits per heavy atom. The van der Waals surface area contributed by atoms with Gasteiger partial charge in [-0.2, -0.15) is 0 Å². The van der Waals surface area contributed by atoms with Gasteiger partial charge in [0.1, 0.15) is 17.6 Å². The number of hydrogen-bond donors (Lipinski definition) is 2. The highest BCUT2D eigenvalue weighted by Crippen LogP contribution is 2.35. The van der Waals surface area contributed by atoms with Gasteiger partial charge in [-0.3, -0.25) is 4.79 Å². The van der Waals surface area contributed by atoms with E-state index >= 15 is 0 Å². The third-order valence-electron chi connectivity index (χ3n) is 5.94. The van der Waals surface area contributed by atoms with E-state index in [4.69, 9.17) is 4.74 Å². The fraction of sp³-hybridized carbons (Fsp3) is 0.458. The molecule has 2 aromatic rings. The van der Waals surface area contributed by atoms with Crippen LogP contribution in [0.3, 0.4) is 0 Å². The average Bonchev–Trinajstić information content (AvgIpc) is 2.68. The van der Waals surface area contributed by atoms with Crippen LogP contribution in [-0.4, -0.2) is 22.3 Å². The predicted octanol–water partition coefficient (Wildman–Crippen LogP) is 5.56. The Labute approximate surface area is 167 Å². The van der Waals surface area contributed by atoms with Crippen molar-refractivity contribution in [3.05, 3.63) is 59.2 Å². The summed E-state index contributed by atoms with van der Waals surface area (Å²) in [5.41, 5.74) is 3.36. The molecule has 0 saturated heterocycles. The molecule has 1 aliphatic rings. The largest absolute Gasteiger partial charge is 0.508 e. The van der Waals surface area contributed by atoms with E-state index in [0.29, 0.717) is 18.1 Å². The van der Waals surface area contributed by atoms with Crippen LogP contribution in [0.1, 0.15) is 74.0 Å². The lowest BCUT2D eigenvalue weighted by Gasteiger charge is -2.29. The van der Waals surface area contributed by atoms with Crippen LogP contribution in [-0.2, 0) is 9.53 Å². The predicted molar refractivity (Wildman–Crippen MR) is 110 cm³/mol. The molecule has 1 unspecified atom stereocenters. The Kier molecular flexibility index (Phi) is 6.61. The van der Waals surface area contributed by atoms with E-state index in [9.17, 15) is 15.0 Å². The standard InChI is InChI=1S/C24H30O4/c1-3-17(23-13-10-21(26)14-16(23)2)15-24(27)28-22-11-6-19(7-12-22)18-4-8-20(25)9-5-18/h4-5,8-10,13-14,17,19,22,25-26H,3,6-7,11-12,15H2,1-2H3. The number of carbonyl (C=O) groups is 1. The zero-order valence-electron chi connectivity index (χ0n) is 16.7. The summed E-state index contributed by atoms with van der Waals surface area (Å²) in [6, 6.07) is 12.8. The molecule has 2 N–H and O–H groups in total. The van der Waals surface area contributed by atoms with Crippen molar-refractivity contribution < 1.29 is 19.7 Å². The topological polar surface area (TPSA) is 66.8 Å². The zero-order valence-corrected chi connectivity index (χ0v) is 16.7. The second-order valence-corrected chi connectivity index (χ2v) is 7.91. The molecule has 0 radical (unpaired) electrons. The van der Waals surface area contributed by atoms with Crippen LogP contribution in [0.15, 0.2) is 42.5 Å². The van der Waals surface area contributed by atoms with E-state index < -0.39 is 0 Å². The lowest BCUT2D eigenvalue weighted by molar-refractivity contribution is -0.151. The summed E-state index contributed by atoms with van der Waals surface area (Å²) in [7, 11) is 0. The maximum atomic E-state index is 12.5. The van der Waals surface area contributed by atoms with Crippen LogP contribution >= 0.6 is 0 Å². The highest BCUT2D eigenvalue weighted by Gasteiger charge is 2.26. The summed E-state index contributed by atoms with van der Waals surface area (Å²) in [6.45, 7) is 4.04. The molecule has 1 fully saturated rings. The molecular formula is C24H30O4. The summed E-state index contributed by atoms with van der Waals surface area (Å²) in [6.07, 6.45) is 4.99. The van der Waals surface area contributed by atoms with Crippen LogP contribution in [0.4, 0.5) is 0 Å². The molecule has 2 aromatic carbocycles. The molecule has 150 valence electrons. The van der Waals surface area contributed by atoms with E-state index in [-0.39, 0.29) is 23.7 Å². The van der Waals surface area contributed by atoms with Crippen molar-refractivity contribution in [2.24, 2.45) is 0 Å². The summed E-state index contributed by atoms with van der Waals surface area (Å²) < 4.78 is 5.78. The maximum Gasteiger partial charge on any atom is 0.306 e. The van der Waals surface area contributed by atoms with Crippen molar-refractivity contribution in [3.8, 4) is 11.5 Å². The Hall–Kier alpha value is -2.49. The Morgan fingerprint density at radius 1 is 1.04 bits per heavy atom. The number of aryl methyl sites for hydroxylation is 1. The second-order valence-electron chi connectivity index (χ2n) is 7.91. The molecule has 4 nitrogen and oxygen atoms in total. The molecule has 28 heavy (non-hydrogen) atoms. The van der Waals surface area contributed by atoms with Gasteiger partial charge in [-0.15, -0.1) is 0 Å². The number of phenols is 2. The molecular weight excluding hydrogens is 352 g/mol. The van der Waals surface area contributed by atoms with Gasteiger partial charge in [0, 0.05) is 0 Å². The van der Waals surface area contributed by atoms with Crippen molar-refractivity contribution in [2.75, 3.05) is 0 Å². The first kappa shape index (κ1) is 20.2. The number of hydrogen-bond acceptors (Lipinski definition) is 4. The van der Waals surface area contributed by atoms with Crippen LogP contribution in [0.2, 0.25) is 0 Å². The zero-order chi connectivity index (χ0) is 20.1. The molecule has 0 amide bonds. The first-order valence-electron chi connectivity index (χ1n) is 10.2. The molecule has 1 aliphatic carbocycles. The summed E-state index contributed by atoms with van der Waals surface area (Å²) in [5.74, 6) is 0.997. The first-order chi connectivity index (χ1) is 13.5. The van der Waals surface area contributed by atoms with Crippen molar-refractivity contribution >= 4 is 5.97 Å². The van der Waals surface area contributed by atoms with Crippen LogP contribution in [0.5, 0.6) is 11.5 Å². The number of benzene rings is 2. The number of esters is 1. The fourth-order valence-corrected chi connectivity index (χ4v) is 4.29. The van der Waals surface area contributed by atoms with Gasteiger partial charge < -0.3 is 14.9 Å². The number of aromatic hydroxyl groups is 2. The van der Waals surface area contributed by atoms with E-state index in [1.165, 1.54) is 5.56 Å². The minimum absolute atomic E-state index is 0.000661. The molecule has 0 bridgehead atoms. The molecule has 4 heteroatoms. The van der Waals surface area contributed by atoms with Crippen molar-refractivity contribution in [1.29, 1.82) is 0 Å². The normalized spacial score (nSPS) is 20.5. The fourth-order valence-electron chi connectivity index (χ4n) is 4.29. The van der Waals surface area contributed by atoms with Crippen LogP contribution in [0, 0.1) is 6.92 Å². The molecule has 0 spiro atoms. The van der Waals surface area contributed by atoms with E-state index in [1.54, 1.807) is 24.3 Å². The lowest BCUT2D eigenvalue weighted by atomic mass is 9.82. The molecule has 1 saturated carbocycles. The van der Waals surface area contributed by atoms with Gasteiger partial charge in [-0.05, 0) is 91.8 Å². The average molecular weight is 383 g/mol. The monoisotopic (exact) mass is 382 g/mol. The van der Waals surface area contributed by atoms with E-state index in [1.807, 2.05) is 25.1 Å². The van der Waals surface area contributed by atoms with Crippen molar-refractivity contribution in [1.82, 2.24) is 0 Å². The van der Waals surface area contributed by atoms with E-state index in [2.05, 4.69) is 6.92 Å². The Morgan fingerprint density at radius 3 is 2.29 bits per heavy atom. The van der Waals surface area contributed by atoms with Gasteiger partial charge in [0.25, 0.3) is 0 Å². The highest BCUT2D eigenvalue weighted by molar-refractivity contribution is 5.71. The number of carbonyl (C=O) groups excluding carboxylic acids is 1. The number of ether oxygens (including phenoxy) is 1. The quantitative estimate of drug-likeness (QED) is 0.642. The Balaban J connectivity index is 1.51. The van der Waals surface area contributed by atoms with E-state index in [0.717, 1.165) is 43.2 Å². The summed E-state index contributed by atoms with van der Waals surface area (Å²) in [5, 5.41) is 19.0. The highest BCUT2D eigenvalue weighted by atomic mass is 16.5. The SMILES string of the molecule is CCC(CC(=O)OC1CCC(c2ccc(O)cc2)CC1)c1ccc(O)cc1C. The van der Waals surface area contributed by atoms with Gasteiger partial charge in [0.2, 0.25) is 0 Å². The molecule has 3 rings (SSSR count). The summed E-state index contributed by atoms with van der Waals surface area (Å²) >= 11 is 0. The Bertz CT molecular complexity index is 789. The molecule has 1 atom stereocenters. The van der Waals surface area contributed by atoms with Crippen LogP contribution in [0.25, 0.3) is 0 Å². The first-order valence-corrected chi connectivity index (χ1v) is 10.2. The number of rotatable bonds is 6. The molecule has 0 heterocycles. The third kappa shape index (κ3) is 5.06. The van der Waals surface area contributed by atoms with Gasteiger partial charge in [0.15, 0.2) is 0 Å². The smallest absolute Gasteiger partial charge is 0.306 e. The third-order valence-corrected chi connectivity index (χ3v) is 5.94. The maximum absolute atomic E-state index is 12.5. The van der Waals surface area contributed by atoms with Gasteiger partial charge in [-0.25, -0.2) is 0 Å². The summed E-state index contributed by atoms with van der Waals surface area (Å²) in [4.78, 5) is 12.5.